The lowest BCUT2D eigenvalue weighted by Gasteiger charge is -2.27. The predicted octanol–water partition coefficient (Wildman–Crippen LogP) is 2.88. The minimum absolute atomic E-state index is 0.00698. The number of nitrogen functional groups attached to an aromatic ring is 1. The number of anilines is 1. The van der Waals surface area contributed by atoms with Crippen LogP contribution in [-0.4, -0.2) is 65.9 Å². The Morgan fingerprint density at radius 1 is 1.24 bits per heavy atom. The molecule has 4 heterocycles. The number of furan rings is 1. The highest BCUT2D eigenvalue weighted by Gasteiger charge is 2.62. The summed E-state index contributed by atoms with van der Waals surface area (Å²) in [6, 6.07) is 7.25. The molecule has 0 bridgehead atoms. The Kier molecular flexibility index (Phi) is 5.95. The van der Waals surface area contributed by atoms with Crippen molar-refractivity contribution in [2.45, 2.75) is 37.1 Å². The summed E-state index contributed by atoms with van der Waals surface area (Å²) in [4.78, 5) is 22.2. The van der Waals surface area contributed by atoms with Gasteiger partial charge in [-0.2, -0.15) is 0 Å². The number of hydrogen-bond acceptors (Lipinski definition) is 10. The van der Waals surface area contributed by atoms with E-state index in [2.05, 4.69) is 9.97 Å². The van der Waals surface area contributed by atoms with Gasteiger partial charge in [0.25, 0.3) is 0 Å². The number of fused-ring (bicyclic) bond motifs is 2. The largest absolute Gasteiger partial charge is 0.462 e. The molecule has 5 atom stereocenters. The molecule has 2 aliphatic rings. The fraction of sp³-hybridized carbons (Fsp3) is 0.435. The Morgan fingerprint density at radius 3 is 2.74 bits per heavy atom. The molecule has 34 heavy (non-hydrogen) atoms. The SMILES string of the molecule is CN(C)CC(=O)OC[C@H]1O[C@@H](c2coc3c(N)ncnc23)[C@]2(C)OC(c3ccc(Cl)cc3)O[C@H]12. The Bertz CT molecular complexity index is 1200. The molecule has 0 radical (unpaired) electrons. The van der Waals surface area contributed by atoms with E-state index < -0.39 is 30.2 Å². The molecule has 2 N–H and O–H groups in total. The van der Waals surface area contributed by atoms with Gasteiger partial charge in [0.2, 0.25) is 0 Å². The molecule has 2 aromatic heterocycles. The number of carbonyl (C=O) groups excluding carboxylic acids is 1. The van der Waals surface area contributed by atoms with E-state index in [4.69, 9.17) is 40.7 Å². The van der Waals surface area contributed by atoms with Crippen LogP contribution in [0.4, 0.5) is 5.82 Å². The van der Waals surface area contributed by atoms with Crippen molar-refractivity contribution in [2.75, 3.05) is 33.0 Å². The number of halogens is 1. The number of nitrogens with zero attached hydrogens (tertiary/aromatic N) is 3. The average molecular weight is 489 g/mol. The summed E-state index contributed by atoms with van der Waals surface area (Å²) in [7, 11) is 3.59. The van der Waals surface area contributed by atoms with Gasteiger partial charge in [0.15, 0.2) is 17.7 Å². The van der Waals surface area contributed by atoms with E-state index in [-0.39, 0.29) is 24.9 Å². The summed E-state index contributed by atoms with van der Waals surface area (Å²) in [6.45, 7) is 2.07. The minimum Gasteiger partial charge on any atom is -0.462 e. The smallest absolute Gasteiger partial charge is 0.320 e. The maximum absolute atomic E-state index is 12.2. The van der Waals surface area contributed by atoms with E-state index in [0.29, 0.717) is 21.7 Å². The Hall–Kier alpha value is -2.76. The van der Waals surface area contributed by atoms with Crippen molar-refractivity contribution in [1.82, 2.24) is 14.9 Å². The van der Waals surface area contributed by atoms with Crippen LogP contribution in [-0.2, 0) is 23.7 Å². The molecular weight excluding hydrogens is 464 g/mol. The molecule has 11 heteroatoms. The first-order valence-corrected chi connectivity index (χ1v) is 11.2. The topological polar surface area (TPSA) is 122 Å². The van der Waals surface area contributed by atoms with E-state index in [9.17, 15) is 4.79 Å². The highest BCUT2D eigenvalue weighted by molar-refractivity contribution is 6.30. The number of hydrogen-bond donors (Lipinski definition) is 1. The maximum Gasteiger partial charge on any atom is 0.320 e. The standard InChI is InChI=1S/C23H25ClN4O6/c1-23-19(14-9-31-18-17(14)26-11-27-21(18)25)32-15(10-30-16(29)8-28(2)3)20(23)33-22(34-23)12-4-6-13(24)7-5-12/h4-7,9,11,15,19-20,22H,8,10H2,1-3H3,(H2,25,26,27)/t15-,19+,20-,22?,23+/m1/s1. The second-order valence-electron chi connectivity index (χ2n) is 8.84. The number of likely N-dealkylation sites (N-methyl/N-ethyl adjacent to an activating group) is 1. The second kappa shape index (κ2) is 8.79. The maximum atomic E-state index is 12.2. The normalized spacial score (nSPS) is 28.5. The Labute approximate surface area is 200 Å². The number of carbonyl (C=O) groups is 1. The second-order valence-corrected chi connectivity index (χ2v) is 9.28. The van der Waals surface area contributed by atoms with Crippen LogP contribution in [0.3, 0.4) is 0 Å². The molecule has 0 aliphatic carbocycles. The van der Waals surface area contributed by atoms with E-state index >= 15 is 0 Å². The summed E-state index contributed by atoms with van der Waals surface area (Å²) in [6.07, 6.45) is 0.521. The fourth-order valence-electron chi connectivity index (χ4n) is 4.47. The van der Waals surface area contributed by atoms with Crippen LogP contribution in [0.15, 0.2) is 41.3 Å². The van der Waals surface area contributed by atoms with Crippen LogP contribution < -0.4 is 5.73 Å². The van der Waals surface area contributed by atoms with Crippen LogP contribution in [0.1, 0.15) is 30.4 Å². The van der Waals surface area contributed by atoms with E-state index in [1.165, 1.54) is 6.33 Å². The summed E-state index contributed by atoms with van der Waals surface area (Å²) in [5.74, 6) is -0.131. The molecule has 0 saturated carbocycles. The van der Waals surface area contributed by atoms with Gasteiger partial charge in [0.1, 0.15) is 42.4 Å². The monoisotopic (exact) mass is 488 g/mol. The van der Waals surface area contributed by atoms with Gasteiger partial charge < -0.3 is 29.1 Å². The number of benzene rings is 1. The van der Waals surface area contributed by atoms with Gasteiger partial charge in [-0.25, -0.2) is 9.97 Å². The lowest BCUT2D eigenvalue weighted by atomic mass is 9.89. The fourth-order valence-corrected chi connectivity index (χ4v) is 4.60. The third kappa shape index (κ3) is 4.01. The molecule has 180 valence electrons. The van der Waals surface area contributed by atoms with Crippen molar-refractivity contribution < 1.29 is 28.2 Å². The van der Waals surface area contributed by atoms with Gasteiger partial charge in [-0.3, -0.25) is 9.69 Å². The highest BCUT2D eigenvalue weighted by Crippen LogP contribution is 2.54. The van der Waals surface area contributed by atoms with Crippen LogP contribution in [0, 0.1) is 0 Å². The van der Waals surface area contributed by atoms with E-state index in [1.807, 2.05) is 19.1 Å². The van der Waals surface area contributed by atoms with Gasteiger partial charge in [-0.15, -0.1) is 0 Å². The molecule has 10 nitrogen and oxygen atoms in total. The third-order valence-corrected chi connectivity index (χ3v) is 6.30. The number of esters is 1. The molecule has 1 unspecified atom stereocenters. The molecule has 0 spiro atoms. The van der Waals surface area contributed by atoms with Crippen LogP contribution in [0.5, 0.6) is 0 Å². The van der Waals surface area contributed by atoms with Crippen molar-refractivity contribution in [3.8, 4) is 0 Å². The van der Waals surface area contributed by atoms with Crippen molar-refractivity contribution in [2.24, 2.45) is 0 Å². The predicted molar refractivity (Wildman–Crippen MR) is 122 cm³/mol. The van der Waals surface area contributed by atoms with Crippen molar-refractivity contribution in [3.05, 3.63) is 53.0 Å². The zero-order chi connectivity index (χ0) is 24.0. The van der Waals surface area contributed by atoms with Crippen LogP contribution >= 0.6 is 11.6 Å². The van der Waals surface area contributed by atoms with Crippen molar-refractivity contribution in [1.29, 1.82) is 0 Å². The number of nitrogens with two attached hydrogens (primary N) is 1. The highest BCUT2D eigenvalue weighted by atomic mass is 35.5. The van der Waals surface area contributed by atoms with Gasteiger partial charge >= 0.3 is 5.97 Å². The van der Waals surface area contributed by atoms with Crippen molar-refractivity contribution in [3.63, 3.8) is 0 Å². The Morgan fingerprint density at radius 2 is 2.00 bits per heavy atom. The van der Waals surface area contributed by atoms with Gasteiger partial charge in [-0.05, 0) is 33.2 Å². The molecule has 2 fully saturated rings. The quantitative estimate of drug-likeness (QED) is 0.518. The van der Waals surface area contributed by atoms with Gasteiger partial charge in [0.05, 0.1) is 12.8 Å². The molecule has 0 amide bonds. The van der Waals surface area contributed by atoms with Gasteiger partial charge in [0, 0.05) is 16.1 Å². The van der Waals surface area contributed by atoms with Gasteiger partial charge in [-0.1, -0.05) is 23.7 Å². The molecular formula is C23H25ClN4O6. The first-order valence-electron chi connectivity index (χ1n) is 10.8. The first-order chi connectivity index (χ1) is 16.3. The van der Waals surface area contributed by atoms with E-state index in [1.54, 1.807) is 37.4 Å². The number of rotatable bonds is 6. The number of aromatic nitrogens is 2. The lowest BCUT2D eigenvalue weighted by molar-refractivity contribution is -0.167. The molecule has 3 aromatic rings. The summed E-state index contributed by atoms with van der Waals surface area (Å²) in [5, 5.41) is 0.613. The van der Waals surface area contributed by atoms with Crippen LogP contribution in [0.2, 0.25) is 5.02 Å². The first kappa shape index (κ1) is 23.0. The van der Waals surface area contributed by atoms with E-state index in [0.717, 1.165) is 5.56 Å². The summed E-state index contributed by atoms with van der Waals surface area (Å²) >= 11 is 6.04. The minimum atomic E-state index is -0.931. The lowest BCUT2D eigenvalue weighted by Crippen LogP contribution is -2.41. The third-order valence-electron chi connectivity index (χ3n) is 6.05. The van der Waals surface area contributed by atoms with Crippen molar-refractivity contribution >= 4 is 34.5 Å². The zero-order valence-electron chi connectivity index (χ0n) is 18.9. The molecule has 1 aromatic carbocycles. The summed E-state index contributed by atoms with van der Waals surface area (Å²) in [5.41, 5.74) is 7.38. The summed E-state index contributed by atoms with van der Waals surface area (Å²) < 4.78 is 30.3. The molecule has 2 aliphatic heterocycles. The molecule has 2 saturated heterocycles. The average Bonchev–Trinajstić information content (AvgIpc) is 3.43. The molecule has 5 rings (SSSR count). The zero-order valence-corrected chi connectivity index (χ0v) is 19.7. The number of ether oxygens (including phenoxy) is 4. The Balaban J connectivity index is 1.47. The van der Waals surface area contributed by atoms with Crippen LogP contribution in [0.25, 0.3) is 11.1 Å².